The summed E-state index contributed by atoms with van der Waals surface area (Å²) in [5.41, 5.74) is 2.40. The zero-order valence-electron chi connectivity index (χ0n) is 20.8. The number of rotatable bonds is 10. The number of nitrogens with one attached hydrogen (secondary N) is 2. The molecule has 0 fully saturated rings. The van der Waals surface area contributed by atoms with Crippen LogP contribution in [0.15, 0.2) is 60.7 Å². The maximum atomic E-state index is 13.1. The molecule has 1 aromatic heterocycles. The second-order valence-electron chi connectivity index (χ2n) is 9.07. The Morgan fingerprint density at radius 1 is 0.949 bits per heavy atom. The van der Waals surface area contributed by atoms with Crippen molar-refractivity contribution in [3.8, 4) is 5.75 Å². The van der Waals surface area contributed by atoms with E-state index in [0.717, 1.165) is 16.5 Å². The Morgan fingerprint density at radius 2 is 1.64 bits per heavy atom. The van der Waals surface area contributed by atoms with Crippen LogP contribution in [0.4, 0.5) is 0 Å². The molecule has 4 aromatic rings. The van der Waals surface area contributed by atoms with Crippen molar-refractivity contribution in [1.29, 1.82) is 0 Å². The molecule has 200 valence electrons. The zero-order chi connectivity index (χ0) is 28.3. The number of aliphatic carboxylic acids is 1. The molecule has 0 saturated carbocycles. The number of para-hydroxylation sites is 1. The number of carbonyl (C=O) groups excluding carboxylic acids is 3. The van der Waals surface area contributed by atoms with Crippen molar-refractivity contribution >= 4 is 57.5 Å². The Bertz CT molecular complexity index is 1590. The topological polar surface area (TPSA) is 137 Å². The van der Waals surface area contributed by atoms with Gasteiger partial charge in [-0.3, -0.25) is 14.4 Å². The van der Waals surface area contributed by atoms with E-state index in [1.54, 1.807) is 37.3 Å². The summed E-state index contributed by atoms with van der Waals surface area (Å²) in [7, 11) is 0. The summed E-state index contributed by atoms with van der Waals surface area (Å²) < 4.78 is 0. The molecule has 1 amide bonds. The highest BCUT2D eigenvalue weighted by molar-refractivity contribution is 6.40. The van der Waals surface area contributed by atoms with E-state index in [-0.39, 0.29) is 44.8 Å². The number of aromatic amines is 1. The first-order valence-corrected chi connectivity index (χ1v) is 12.7. The van der Waals surface area contributed by atoms with Gasteiger partial charge in [0, 0.05) is 29.3 Å². The molecule has 3 aromatic carbocycles. The highest BCUT2D eigenvalue weighted by Gasteiger charge is 2.28. The number of amides is 1. The van der Waals surface area contributed by atoms with Gasteiger partial charge in [0.05, 0.1) is 15.6 Å². The summed E-state index contributed by atoms with van der Waals surface area (Å²) in [4.78, 5) is 53.5. The van der Waals surface area contributed by atoms with Crippen LogP contribution in [-0.4, -0.2) is 44.7 Å². The van der Waals surface area contributed by atoms with Gasteiger partial charge in [0.15, 0.2) is 11.6 Å². The molecule has 39 heavy (non-hydrogen) atoms. The lowest BCUT2D eigenvalue weighted by Gasteiger charge is -2.15. The minimum Gasteiger partial charge on any atom is -0.508 e. The van der Waals surface area contributed by atoms with E-state index < -0.39 is 30.1 Å². The van der Waals surface area contributed by atoms with Crippen LogP contribution in [0, 0.1) is 6.92 Å². The molecule has 0 radical (unpaired) electrons. The lowest BCUT2D eigenvalue weighted by molar-refractivity contribution is -0.139. The summed E-state index contributed by atoms with van der Waals surface area (Å²) in [5, 5.41) is 22.3. The Morgan fingerprint density at radius 3 is 2.28 bits per heavy atom. The number of halogens is 2. The van der Waals surface area contributed by atoms with Crippen LogP contribution in [0.1, 0.15) is 55.2 Å². The smallest absolute Gasteiger partial charge is 0.326 e. The Kier molecular flexibility index (Phi) is 8.38. The number of phenolic OH excluding ortho intramolecular Hbond substituents is 1. The number of aryl methyl sites for hydroxylation is 2. The molecule has 0 aliphatic carbocycles. The molecule has 0 bridgehead atoms. The van der Waals surface area contributed by atoms with Crippen molar-refractivity contribution in [2.24, 2.45) is 0 Å². The molecule has 0 aliphatic heterocycles. The molecule has 0 saturated heterocycles. The number of hydrogen-bond acceptors (Lipinski definition) is 5. The van der Waals surface area contributed by atoms with E-state index in [2.05, 4.69) is 10.3 Å². The number of Topliss-reactive ketones (excluding diaryl/α,β-unsaturated/α-hetero) is 2. The second-order valence-corrected chi connectivity index (χ2v) is 9.88. The monoisotopic (exact) mass is 566 g/mol. The first kappa shape index (κ1) is 27.9. The fourth-order valence-electron chi connectivity index (χ4n) is 4.34. The quantitative estimate of drug-likeness (QED) is 0.180. The van der Waals surface area contributed by atoms with Gasteiger partial charge in [-0.05, 0) is 54.8 Å². The molecule has 0 spiro atoms. The molecule has 0 aliphatic rings. The number of phenols is 1. The average molecular weight is 567 g/mol. The first-order chi connectivity index (χ1) is 18.5. The molecule has 10 heteroatoms. The average Bonchev–Trinajstić information content (AvgIpc) is 3.23. The van der Waals surface area contributed by atoms with Crippen LogP contribution in [0.25, 0.3) is 10.9 Å². The number of hydrogen-bond donors (Lipinski definition) is 4. The molecule has 4 N–H and O–H groups in total. The Balaban J connectivity index is 1.47. The number of aromatic hydroxyl groups is 1. The van der Waals surface area contributed by atoms with E-state index in [9.17, 15) is 29.4 Å². The summed E-state index contributed by atoms with van der Waals surface area (Å²) in [6, 6.07) is 14.9. The molecule has 1 atom stereocenters. The van der Waals surface area contributed by atoms with Gasteiger partial charge in [-0.1, -0.05) is 53.5 Å². The van der Waals surface area contributed by atoms with Crippen LogP contribution < -0.4 is 5.32 Å². The van der Waals surface area contributed by atoms with E-state index in [0.29, 0.717) is 12.0 Å². The second kappa shape index (κ2) is 11.7. The van der Waals surface area contributed by atoms with E-state index in [1.165, 1.54) is 18.2 Å². The van der Waals surface area contributed by atoms with Gasteiger partial charge in [-0.2, -0.15) is 0 Å². The number of carbonyl (C=O) groups is 4. The van der Waals surface area contributed by atoms with Gasteiger partial charge in [-0.15, -0.1) is 0 Å². The van der Waals surface area contributed by atoms with Gasteiger partial charge in [0.1, 0.15) is 17.5 Å². The number of H-pyrrole nitrogens is 1. The largest absolute Gasteiger partial charge is 0.508 e. The Hall–Kier alpha value is -4.14. The van der Waals surface area contributed by atoms with Crippen LogP contribution in [0.2, 0.25) is 10.0 Å². The number of aromatic nitrogens is 1. The third kappa shape index (κ3) is 6.30. The van der Waals surface area contributed by atoms with Gasteiger partial charge in [0.2, 0.25) is 0 Å². The molecule has 1 heterocycles. The number of carboxylic acid groups (broad SMARTS) is 1. The predicted molar refractivity (Wildman–Crippen MR) is 148 cm³/mol. The maximum Gasteiger partial charge on any atom is 0.326 e. The third-order valence-corrected chi connectivity index (χ3v) is 6.98. The lowest BCUT2D eigenvalue weighted by Crippen LogP contribution is -2.42. The third-order valence-electron chi connectivity index (χ3n) is 6.38. The highest BCUT2D eigenvalue weighted by Crippen LogP contribution is 2.29. The van der Waals surface area contributed by atoms with Crippen LogP contribution in [0.5, 0.6) is 5.75 Å². The molecular formula is C29H24Cl2N2O6. The van der Waals surface area contributed by atoms with Crippen molar-refractivity contribution in [3.63, 3.8) is 0 Å². The minimum absolute atomic E-state index is 0.0983. The van der Waals surface area contributed by atoms with Crippen molar-refractivity contribution in [2.75, 3.05) is 0 Å². The number of fused-ring (bicyclic) bond motifs is 1. The molecule has 8 nitrogen and oxygen atoms in total. The summed E-state index contributed by atoms with van der Waals surface area (Å²) in [6.45, 7) is 1.74. The van der Waals surface area contributed by atoms with Crippen LogP contribution >= 0.6 is 23.2 Å². The summed E-state index contributed by atoms with van der Waals surface area (Å²) >= 11 is 12.6. The number of carboxylic acids is 1. The van der Waals surface area contributed by atoms with Gasteiger partial charge in [-0.25, -0.2) is 4.79 Å². The first-order valence-electron chi connectivity index (χ1n) is 12.0. The molecule has 1 unspecified atom stereocenters. The lowest BCUT2D eigenvalue weighted by atomic mass is 9.98. The fraction of sp³-hybridized carbons (Fsp3) is 0.172. The molecule has 4 rings (SSSR count). The standard InChI is InChI=1S/C29H24Cl2N2O6/c1-15-19-7-2-3-8-22(19)32-27(15)28(37)33-23(29(38)39)14-25(36)26-20(30)12-17(13-21(26)31)24(35)10-9-16-5-4-6-18(34)11-16/h2-8,11-13,23,32,34H,9-10,14H2,1H3,(H,33,37)(H,38,39). The SMILES string of the molecule is Cc1c(C(=O)NC(CC(=O)c2c(Cl)cc(C(=O)CCc3cccc(O)c3)cc2Cl)C(=O)O)[nH]c2ccccc12. The van der Waals surface area contributed by atoms with Crippen molar-refractivity contribution in [3.05, 3.63) is 98.7 Å². The fourth-order valence-corrected chi connectivity index (χ4v) is 5.04. The van der Waals surface area contributed by atoms with Gasteiger partial charge in [0.25, 0.3) is 5.91 Å². The van der Waals surface area contributed by atoms with E-state index in [4.69, 9.17) is 23.2 Å². The number of benzene rings is 3. The maximum absolute atomic E-state index is 13.1. The predicted octanol–water partition coefficient (Wildman–Crippen LogP) is 5.76. The van der Waals surface area contributed by atoms with Crippen LogP contribution in [0.3, 0.4) is 0 Å². The van der Waals surface area contributed by atoms with Crippen molar-refractivity contribution in [1.82, 2.24) is 10.3 Å². The minimum atomic E-state index is -1.55. The Labute approximate surface area is 233 Å². The van der Waals surface area contributed by atoms with Crippen LogP contribution in [-0.2, 0) is 11.2 Å². The normalized spacial score (nSPS) is 11.8. The van der Waals surface area contributed by atoms with Crippen molar-refractivity contribution in [2.45, 2.75) is 32.2 Å². The summed E-state index contributed by atoms with van der Waals surface area (Å²) in [5.74, 6) is -2.96. The molecular weight excluding hydrogens is 543 g/mol. The van der Waals surface area contributed by atoms with Gasteiger partial charge < -0.3 is 20.5 Å². The number of ketones is 2. The van der Waals surface area contributed by atoms with Crippen molar-refractivity contribution < 1.29 is 29.4 Å². The summed E-state index contributed by atoms with van der Waals surface area (Å²) in [6.07, 6.45) is -0.118. The van der Waals surface area contributed by atoms with E-state index in [1.807, 2.05) is 12.1 Å². The highest BCUT2D eigenvalue weighted by atomic mass is 35.5. The van der Waals surface area contributed by atoms with E-state index >= 15 is 0 Å². The van der Waals surface area contributed by atoms with Gasteiger partial charge >= 0.3 is 5.97 Å². The zero-order valence-corrected chi connectivity index (χ0v) is 22.3.